The van der Waals surface area contributed by atoms with Crippen molar-refractivity contribution in [3.63, 3.8) is 0 Å². The normalized spacial score (nSPS) is 18.3. The summed E-state index contributed by atoms with van der Waals surface area (Å²) in [6, 6.07) is 5.83. The molecule has 1 N–H and O–H groups in total. The number of nitrogens with one attached hydrogen (secondary N) is 1. The Morgan fingerprint density at radius 1 is 1.33 bits per heavy atom. The Bertz CT molecular complexity index is 450. The van der Waals surface area contributed by atoms with Crippen molar-refractivity contribution in [3.8, 4) is 6.07 Å². The van der Waals surface area contributed by atoms with E-state index in [4.69, 9.17) is 5.26 Å². The molecule has 5 heteroatoms. The number of halogens is 2. The van der Waals surface area contributed by atoms with Crippen molar-refractivity contribution in [2.45, 2.75) is 12.5 Å². The van der Waals surface area contributed by atoms with Crippen LogP contribution in [0, 0.1) is 23.0 Å². The molecule has 1 aliphatic heterocycles. The summed E-state index contributed by atoms with van der Waals surface area (Å²) >= 11 is 0. The van der Waals surface area contributed by atoms with Crippen LogP contribution in [0.2, 0.25) is 0 Å². The number of nitriles is 1. The van der Waals surface area contributed by atoms with Crippen molar-refractivity contribution in [2.75, 3.05) is 26.2 Å². The molecule has 0 spiro atoms. The second-order valence-electron chi connectivity index (χ2n) is 4.31. The zero-order chi connectivity index (χ0) is 13.0. The van der Waals surface area contributed by atoms with E-state index in [0.717, 1.165) is 32.2 Å². The highest BCUT2D eigenvalue weighted by molar-refractivity contribution is 5.23. The van der Waals surface area contributed by atoms with Crippen molar-refractivity contribution in [3.05, 3.63) is 35.4 Å². The molecular formula is C13H15F2N3. The molecule has 1 aromatic carbocycles. The standard InChI is InChI=1S/C13H15F2N3/c14-11-3-1-2-10(13(11)15)12(4-5-16)18-8-6-17-7-9-18/h1-3,12,17H,4,6-9H2/t12-/m0/s1. The van der Waals surface area contributed by atoms with Crippen LogP contribution in [0.25, 0.3) is 0 Å². The second-order valence-corrected chi connectivity index (χ2v) is 4.31. The van der Waals surface area contributed by atoms with Crippen LogP contribution < -0.4 is 5.32 Å². The number of hydrogen-bond donors (Lipinski definition) is 1. The highest BCUT2D eigenvalue weighted by Crippen LogP contribution is 2.27. The molecular weight excluding hydrogens is 236 g/mol. The summed E-state index contributed by atoms with van der Waals surface area (Å²) in [7, 11) is 0. The summed E-state index contributed by atoms with van der Waals surface area (Å²) < 4.78 is 27.1. The lowest BCUT2D eigenvalue weighted by molar-refractivity contribution is 0.171. The fraction of sp³-hybridized carbons (Fsp3) is 0.462. The van der Waals surface area contributed by atoms with E-state index >= 15 is 0 Å². The maximum absolute atomic E-state index is 13.8. The van der Waals surface area contributed by atoms with E-state index in [-0.39, 0.29) is 18.0 Å². The van der Waals surface area contributed by atoms with E-state index in [9.17, 15) is 8.78 Å². The van der Waals surface area contributed by atoms with Gasteiger partial charge in [0.15, 0.2) is 11.6 Å². The third-order valence-electron chi connectivity index (χ3n) is 3.22. The summed E-state index contributed by atoms with van der Waals surface area (Å²) in [6.07, 6.45) is 0.167. The summed E-state index contributed by atoms with van der Waals surface area (Å²) in [5.74, 6) is -1.69. The molecule has 0 amide bonds. The van der Waals surface area contributed by atoms with Crippen molar-refractivity contribution in [1.82, 2.24) is 10.2 Å². The van der Waals surface area contributed by atoms with Crippen LogP contribution in [0.1, 0.15) is 18.0 Å². The molecule has 1 saturated heterocycles. The smallest absolute Gasteiger partial charge is 0.163 e. The summed E-state index contributed by atoms with van der Waals surface area (Å²) in [6.45, 7) is 3.09. The van der Waals surface area contributed by atoms with Gasteiger partial charge in [-0.1, -0.05) is 12.1 Å². The van der Waals surface area contributed by atoms with Crippen molar-refractivity contribution in [1.29, 1.82) is 5.26 Å². The average molecular weight is 251 g/mol. The van der Waals surface area contributed by atoms with Gasteiger partial charge in [0.25, 0.3) is 0 Å². The van der Waals surface area contributed by atoms with Gasteiger partial charge in [0.2, 0.25) is 0 Å². The Hall–Kier alpha value is -1.51. The van der Waals surface area contributed by atoms with Gasteiger partial charge in [-0.05, 0) is 6.07 Å². The number of benzene rings is 1. The van der Waals surface area contributed by atoms with Gasteiger partial charge >= 0.3 is 0 Å². The van der Waals surface area contributed by atoms with Crippen molar-refractivity contribution >= 4 is 0 Å². The minimum Gasteiger partial charge on any atom is -0.314 e. The van der Waals surface area contributed by atoms with Gasteiger partial charge in [-0.3, -0.25) is 4.90 Å². The highest BCUT2D eigenvalue weighted by atomic mass is 19.2. The lowest BCUT2D eigenvalue weighted by atomic mass is 10.0. The molecule has 0 bridgehead atoms. The minimum absolute atomic E-state index is 0.167. The minimum atomic E-state index is -0.856. The second kappa shape index (κ2) is 5.89. The molecule has 1 aromatic rings. The first-order valence-corrected chi connectivity index (χ1v) is 5.99. The first-order chi connectivity index (χ1) is 8.74. The fourth-order valence-electron chi connectivity index (χ4n) is 2.29. The Morgan fingerprint density at radius 2 is 2.06 bits per heavy atom. The molecule has 0 radical (unpaired) electrons. The van der Waals surface area contributed by atoms with Gasteiger partial charge in [-0.25, -0.2) is 8.78 Å². The first-order valence-electron chi connectivity index (χ1n) is 5.99. The molecule has 2 rings (SSSR count). The molecule has 18 heavy (non-hydrogen) atoms. The molecule has 3 nitrogen and oxygen atoms in total. The number of rotatable bonds is 3. The van der Waals surface area contributed by atoms with Crippen LogP contribution in [-0.2, 0) is 0 Å². The molecule has 96 valence electrons. The Labute approximate surface area is 105 Å². The quantitative estimate of drug-likeness (QED) is 0.890. The highest BCUT2D eigenvalue weighted by Gasteiger charge is 2.25. The number of nitrogens with zero attached hydrogens (tertiary/aromatic N) is 2. The average Bonchev–Trinajstić information content (AvgIpc) is 2.41. The lowest BCUT2D eigenvalue weighted by Gasteiger charge is -2.34. The van der Waals surface area contributed by atoms with Gasteiger partial charge in [0, 0.05) is 31.7 Å². The maximum Gasteiger partial charge on any atom is 0.163 e. The van der Waals surface area contributed by atoms with Gasteiger partial charge < -0.3 is 5.32 Å². The van der Waals surface area contributed by atoms with Gasteiger partial charge in [-0.15, -0.1) is 0 Å². The Kier molecular flexibility index (Phi) is 4.24. The predicted molar refractivity (Wildman–Crippen MR) is 63.8 cm³/mol. The monoisotopic (exact) mass is 251 g/mol. The zero-order valence-electron chi connectivity index (χ0n) is 10.00. The molecule has 0 aliphatic carbocycles. The predicted octanol–water partition coefficient (Wildman–Crippen LogP) is 1.82. The summed E-state index contributed by atoms with van der Waals surface area (Å²) in [5, 5.41) is 12.1. The SMILES string of the molecule is N#CC[C@@H](c1cccc(F)c1F)N1CCNCC1. The van der Waals surface area contributed by atoms with E-state index in [1.165, 1.54) is 6.07 Å². The van der Waals surface area contributed by atoms with Gasteiger partial charge in [0.05, 0.1) is 18.5 Å². The lowest BCUT2D eigenvalue weighted by Crippen LogP contribution is -2.45. The van der Waals surface area contributed by atoms with Crippen molar-refractivity contribution in [2.24, 2.45) is 0 Å². The maximum atomic E-state index is 13.8. The Morgan fingerprint density at radius 3 is 2.72 bits per heavy atom. The van der Waals surface area contributed by atoms with Crippen LogP contribution in [0.3, 0.4) is 0 Å². The van der Waals surface area contributed by atoms with Crippen molar-refractivity contribution < 1.29 is 8.78 Å². The van der Waals surface area contributed by atoms with Crippen LogP contribution in [0.4, 0.5) is 8.78 Å². The van der Waals surface area contributed by atoms with Crippen LogP contribution in [0.15, 0.2) is 18.2 Å². The number of piperazine rings is 1. The largest absolute Gasteiger partial charge is 0.314 e. The van der Waals surface area contributed by atoms with E-state index < -0.39 is 11.6 Å². The van der Waals surface area contributed by atoms with Crippen LogP contribution >= 0.6 is 0 Å². The molecule has 0 saturated carbocycles. The third-order valence-corrected chi connectivity index (χ3v) is 3.22. The van der Waals surface area contributed by atoms with Crippen LogP contribution in [-0.4, -0.2) is 31.1 Å². The third kappa shape index (κ3) is 2.66. The molecule has 1 heterocycles. The van der Waals surface area contributed by atoms with Gasteiger partial charge in [-0.2, -0.15) is 5.26 Å². The van der Waals surface area contributed by atoms with E-state index in [1.807, 2.05) is 4.90 Å². The summed E-state index contributed by atoms with van der Waals surface area (Å²) in [5.41, 5.74) is 0.276. The zero-order valence-corrected chi connectivity index (χ0v) is 10.00. The molecule has 1 fully saturated rings. The topological polar surface area (TPSA) is 39.1 Å². The molecule has 0 unspecified atom stereocenters. The molecule has 1 aliphatic rings. The van der Waals surface area contributed by atoms with E-state index in [0.29, 0.717) is 0 Å². The van der Waals surface area contributed by atoms with Crippen LogP contribution in [0.5, 0.6) is 0 Å². The first kappa shape index (κ1) is 12.9. The Balaban J connectivity index is 2.28. The van der Waals surface area contributed by atoms with E-state index in [1.54, 1.807) is 6.07 Å². The molecule has 1 atom stereocenters. The van der Waals surface area contributed by atoms with Gasteiger partial charge in [0.1, 0.15) is 0 Å². The number of hydrogen-bond acceptors (Lipinski definition) is 3. The summed E-state index contributed by atoms with van der Waals surface area (Å²) in [4.78, 5) is 2.03. The fourth-order valence-corrected chi connectivity index (χ4v) is 2.29. The molecule has 0 aromatic heterocycles. The van der Waals surface area contributed by atoms with E-state index in [2.05, 4.69) is 11.4 Å².